The molecule has 3 atom stereocenters. The topological polar surface area (TPSA) is 113 Å². The fraction of sp³-hybridized carbons (Fsp3) is 0.512. The van der Waals surface area contributed by atoms with E-state index < -0.39 is 23.7 Å². The number of rotatable bonds is 12. The van der Waals surface area contributed by atoms with Crippen LogP contribution in [0, 0.1) is 10.8 Å². The summed E-state index contributed by atoms with van der Waals surface area (Å²) in [5.41, 5.74) is 2.69. The van der Waals surface area contributed by atoms with Crippen LogP contribution >= 0.6 is 11.6 Å². The van der Waals surface area contributed by atoms with E-state index in [9.17, 15) is 14.4 Å². The molecule has 1 saturated heterocycles. The zero-order valence-electron chi connectivity index (χ0n) is 33.5. The molecule has 300 valence electrons. The molecule has 1 amide bonds. The molecule has 0 radical (unpaired) electrons. The van der Waals surface area contributed by atoms with Crippen LogP contribution in [0.2, 0.25) is 0 Å². The van der Waals surface area contributed by atoms with Gasteiger partial charge in [0.1, 0.15) is 30.8 Å². The zero-order valence-corrected chi connectivity index (χ0v) is 34.2. The van der Waals surface area contributed by atoms with Crippen LogP contribution < -0.4 is 14.4 Å². The minimum atomic E-state index is -0.739. The number of ether oxygens (including phenoxy) is 6. The van der Waals surface area contributed by atoms with Crippen LogP contribution in [0.15, 0.2) is 72.8 Å². The van der Waals surface area contributed by atoms with Crippen molar-refractivity contribution in [1.29, 1.82) is 0 Å². The van der Waals surface area contributed by atoms with E-state index in [4.69, 9.17) is 40.0 Å². The van der Waals surface area contributed by atoms with Crippen LogP contribution in [0.4, 0.5) is 10.5 Å². The molecule has 0 spiro atoms. The van der Waals surface area contributed by atoms with Gasteiger partial charge in [-0.2, -0.15) is 0 Å². The minimum Gasteiger partial charge on any atom is -0.497 e. The molecule has 5 rings (SSSR count). The van der Waals surface area contributed by atoms with Gasteiger partial charge in [0.2, 0.25) is 5.24 Å². The Morgan fingerprint density at radius 1 is 0.836 bits per heavy atom. The Hall–Kier alpha value is -4.32. The van der Waals surface area contributed by atoms with E-state index in [0.717, 1.165) is 47.6 Å². The van der Waals surface area contributed by atoms with Crippen LogP contribution in [-0.4, -0.2) is 88.0 Å². The third-order valence-corrected chi connectivity index (χ3v) is 9.82. The number of hydrogen-bond acceptors (Lipinski definition) is 10. The smallest absolute Gasteiger partial charge is 0.410 e. The summed E-state index contributed by atoms with van der Waals surface area (Å²) in [5.74, 6) is 0.852. The van der Waals surface area contributed by atoms with Gasteiger partial charge >= 0.3 is 12.1 Å². The number of amides is 1. The number of carbonyl (C=O) groups excluding carboxylic acids is 3. The second-order valence-electron chi connectivity index (χ2n) is 15.8. The highest BCUT2D eigenvalue weighted by Crippen LogP contribution is 2.37. The molecule has 3 aromatic carbocycles. The van der Waals surface area contributed by atoms with Crippen molar-refractivity contribution >= 4 is 34.6 Å². The molecule has 0 saturated carbocycles. The van der Waals surface area contributed by atoms with E-state index in [-0.39, 0.29) is 48.8 Å². The van der Waals surface area contributed by atoms with E-state index in [2.05, 4.69) is 11.0 Å². The first-order valence-corrected chi connectivity index (χ1v) is 19.1. The number of nitrogens with zero attached hydrogens (tertiary/aromatic N) is 2. The van der Waals surface area contributed by atoms with Gasteiger partial charge in [-0.05, 0) is 79.7 Å². The summed E-state index contributed by atoms with van der Waals surface area (Å²) in [6.45, 7) is 14.6. The monoisotopic (exact) mass is 780 g/mol. The number of esters is 1. The second-order valence-corrected chi connectivity index (χ2v) is 16.1. The molecule has 3 unspecified atom stereocenters. The summed E-state index contributed by atoms with van der Waals surface area (Å²) in [5, 5.41) is -0.285. The minimum absolute atomic E-state index is 0.133. The highest BCUT2D eigenvalue weighted by Gasteiger charge is 2.44. The van der Waals surface area contributed by atoms with Gasteiger partial charge in [0.25, 0.3) is 0 Å². The molecule has 11 nitrogen and oxygen atoms in total. The molecule has 3 aromatic rings. The van der Waals surface area contributed by atoms with E-state index in [0.29, 0.717) is 19.0 Å². The lowest BCUT2D eigenvalue weighted by Crippen LogP contribution is -2.55. The predicted molar refractivity (Wildman–Crippen MR) is 213 cm³/mol. The number of fused-ring (bicyclic) bond motifs is 1. The summed E-state index contributed by atoms with van der Waals surface area (Å²) in [6.07, 6.45) is -0.775. The third-order valence-electron chi connectivity index (χ3n) is 9.25. The Labute approximate surface area is 331 Å². The van der Waals surface area contributed by atoms with Crippen LogP contribution in [0.1, 0.15) is 70.6 Å². The van der Waals surface area contributed by atoms with Gasteiger partial charge in [-0.3, -0.25) is 9.59 Å². The number of halogens is 1. The lowest BCUT2D eigenvalue weighted by molar-refractivity contribution is -0.167. The van der Waals surface area contributed by atoms with Crippen LogP contribution in [0.25, 0.3) is 0 Å². The summed E-state index contributed by atoms with van der Waals surface area (Å²) in [6, 6.07) is 23.3. The Morgan fingerprint density at radius 2 is 1.51 bits per heavy atom. The van der Waals surface area contributed by atoms with Gasteiger partial charge in [0.05, 0.1) is 56.5 Å². The number of anilines is 1. The molecule has 2 aliphatic heterocycles. The standard InChI is InChI=1S/C38H48N2O8.C5H9ClO/c1-38(2,3)36(41)48-34-24-40(37(42)47-25-27-10-7-6-8-11-27)23-33(35(34)29-13-15-30(44-5)16-14-29)46-26-28-12-17-32-31(22-28)39(19-21-45-32)18-9-20-43-4;1-5(2,3)4(6)7/h6-8,10-17,22,33-35H,9,18-21,23-26H2,1-5H3;1-3H3. The first-order valence-electron chi connectivity index (χ1n) is 18.7. The summed E-state index contributed by atoms with van der Waals surface area (Å²) in [4.78, 5) is 41.0. The van der Waals surface area contributed by atoms with Gasteiger partial charge < -0.3 is 38.2 Å². The van der Waals surface area contributed by atoms with Gasteiger partial charge in [0, 0.05) is 25.7 Å². The van der Waals surface area contributed by atoms with Crippen molar-refractivity contribution in [3.63, 3.8) is 0 Å². The fourth-order valence-corrected chi connectivity index (χ4v) is 6.02. The van der Waals surface area contributed by atoms with Crippen molar-refractivity contribution in [3.05, 3.63) is 89.5 Å². The van der Waals surface area contributed by atoms with Gasteiger partial charge in [-0.15, -0.1) is 0 Å². The number of likely N-dealkylation sites (tertiary alicyclic amines) is 1. The SMILES string of the molecule is CC(C)(C)C(=O)Cl.COCCCN1CCOc2ccc(COC3CN(C(=O)OCc4ccccc4)CC(OC(=O)C(C)(C)C)C3c3ccc(OC)cc3)cc21. The molecule has 12 heteroatoms. The average Bonchev–Trinajstić information content (AvgIpc) is 3.16. The lowest BCUT2D eigenvalue weighted by atomic mass is 9.84. The largest absolute Gasteiger partial charge is 0.497 e. The Morgan fingerprint density at radius 3 is 2.13 bits per heavy atom. The molecule has 1 fully saturated rings. The normalized spacial score (nSPS) is 18.2. The van der Waals surface area contributed by atoms with Crippen LogP contribution in [0.5, 0.6) is 11.5 Å². The van der Waals surface area contributed by atoms with Crippen molar-refractivity contribution in [2.45, 2.75) is 79.3 Å². The van der Waals surface area contributed by atoms with E-state index >= 15 is 0 Å². The maximum absolute atomic E-state index is 13.5. The van der Waals surface area contributed by atoms with E-state index in [1.54, 1.807) is 39.9 Å². The van der Waals surface area contributed by atoms with E-state index in [1.165, 1.54) is 0 Å². The van der Waals surface area contributed by atoms with Crippen molar-refractivity contribution in [1.82, 2.24) is 4.90 Å². The molecule has 2 heterocycles. The number of methoxy groups -OCH3 is 2. The first-order chi connectivity index (χ1) is 26.1. The van der Waals surface area contributed by atoms with Gasteiger partial charge in [0.15, 0.2) is 0 Å². The van der Waals surface area contributed by atoms with E-state index in [1.807, 2.05) is 87.5 Å². The van der Waals surface area contributed by atoms with Crippen molar-refractivity contribution in [2.75, 3.05) is 58.5 Å². The highest BCUT2D eigenvalue weighted by atomic mass is 35.5. The number of hydrogen-bond donors (Lipinski definition) is 0. The molecule has 0 aromatic heterocycles. The molecule has 0 aliphatic carbocycles. The number of benzene rings is 3. The quantitative estimate of drug-likeness (QED) is 0.102. The average molecular weight is 781 g/mol. The molecule has 0 N–H and O–H groups in total. The Kier molecular flexibility index (Phi) is 15.8. The zero-order chi connectivity index (χ0) is 40.2. The predicted octanol–water partition coefficient (Wildman–Crippen LogP) is 8.01. The summed E-state index contributed by atoms with van der Waals surface area (Å²) < 4.78 is 35.3. The molecular weight excluding hydrogens is 724 g/mol. The fourth-order valence-electron chi connectivity index (χ4n) is 6.02. The first kappa shape index (κ1) is 43.4. The number of piperidine rings is 1. The van der Waals surface area contributed by atoms with Crippen LogP contribution in [0.3, 0.4) is 0 Å². The van der Waals surface area contributed by atoms with Crippen molar-refractivity contribution in [2.24, 2.45) is 10.8 Å². The second kappa shape index (κ2) is 20.0. The Bertz CT molecular complexity index is 1690. The molecular formula is C43H57ClN2O9. The van der Waals surface area contributed by atoms with Crippen molar-refractivity contribution in [3.8, 4) is 11.5 Å². The maximum Gasteiger partial charge on any atom is 0.410 e. The van der Waals surface area contributed by atoms with Gasteiger partial charge in [-0.25, -0.2) is 4.79 Å². The third kappa shape index (κ3) is 12.9. The van der Waals surface area contributed by atoms with Crippen molar-refractivity contribution < 1.29 is 42.8 Å². The maximum atomic E-state index is 13.5. The number of carbonyl (C=O) groups is 3. The summed E-state index contributed by atoms with van der Waals surface area (Å²) in [7, 11) is 3.34. The van der Waals surface area contributed by atoms with Gasteiger partial charge in [-0.1, -0.05) is 69.3 Å². The van der Waals surface area contributed by atoms with Crippen LogP contribution in [-0.2, 0) is 41.8 Å². The highest BCUT2D eigenvalue weighted by molar-refractivity contribution is 6.64. The Balaban J connectivity index is 0.000000876. The molecule has 2 aliphatic rings. The molecule has 0 bridgehead atoms. The summed E-state index contributed by atoms with van der Waals surface area (Å²) >= 11 is 5.11. The lowest BCUT2D eigenvalue weighted by Gasteiger charge is -2.43. The molecule has 55 heavy (non-hydrogen) atoms.